The molecule has 2 aliphatic carbocycles. The van der Waals surface area contributed by atoms with Gasteiger partial charge in [0.1, 0.15) is 0 Å². The molecule has 2 saturated carbocycles. The molecule has 20 heavy (non-hydrogen) atoms. The summed E-state index contributed by atoms with van der Waals surface area (Å²) in [6.45, 7) is 6.80. The summed E-state index contributed by atoms with van der Waals surface area (Å²) in [7, 11) is 0. The fourth-order valence-corrected chi connectivity index (χ4v) is 4.74. The van der Waals surface area contributed by atoms with E-state index in [1.807, 2.05) is 0 Å². The van der Waals surface area contributed by atoms with Gasteiger partial charge in [0, 0.05) is 19.7 Å². The zero-order valence-electron chi connectivity index (χ0n) is 13.0. The summed E-state index contributed by atoms with van der Waals surface area (Å²) in [5.41, 5.74) is 0. The summed E-state index contributed by atoms with van der Waals surface area (Å²) in [4.78, 5) is 2.40. The molecule has 116 valence electrons. The summed E-state index contributed by atoms with van der Waals surface area (Å²) < 4.78 is 5.82. The highest BCUT2D eigenvalue weighted by atomic mass is 16.5. The summed E-state index contributed by atoms with van der Waals surface area (Å²) in [5, 5.41) is 10.1. The molecule has 3 rings (SSSR count). The van der Waals surface area contributed by atoms with Crippen LogP contribution >= 0.6 is 0 Å². The van der Waals surface area contributed by atoms with E-state index in [0.29, 0.717) is 6.61 Å². The minimum atomic E-state index is -0.307. The largest absolute Gasteiger partial charge is 0.389 e. The first-order chi connectivity index (χ1) is 9.70. The monoisotopic (exact) mass is 281 g/mol. The van der Waals surface area contributed by atoms with E-state index in [-0.39, 0.29) is 6.10 Å². The molecule has 3 nitrogen and oxygen atoms in total. The van der Waals surface area contributed by atoms with Crippen molar-refractivity contribution in [2.24, 2.45) is 23.7 Å². The first kappa shape index (κ1) is 14.8. The first-order valence-electron chi connectivity index (χ1n) is 8.69. The molecule has 0 aromatic heterocycles. The lowest BCUT2D eigenvalue weighted by Crippen LogP contribution is -2.41. The normalized spacial score (nSPS) is 39.3. The van der Waals surface area contributed by atoms with Gasteiger partial charge in [-0.2, -0.15) is 0 Å². The molecule has 1 saturated heterocycles. The zero-order chi connectivity index (χ0) is 13.9. The second-order valence-corrected chi connectivity index (χ2v) is 7.63. The van der Waals surface area contributed by atoms with Crippen LogP contribution in [-0.4, -0.2) is 49.0 Å². The second kappa shape index (κ2) is 6.76. The molecular formula is C17H31NO2. The maximum absolute atomic E-state index is 10.1. The third kappa shape index (κ3) is 3.75. The Kier molecular flexibility index (Phi) is 5.00. The maximum atomic E-state index is 10.1. The average molecular weight is 281 g/mol. The molecule has 0 amide bonds. The molecule has 1 N–H and O–H groups in total. The zero-order valence-corrected chi connectivity index (χ0v) is 13.0. The van der Waals surface area contributed by atoms with Crippen LogP contribution in [0.5, 0.6) is 0 Å². The predicted octanol–water partition coefficient (Wildman–Crippen LogP) is 2.53. The lowest BCUT2D eigenvalue weighted by molar-refractivity contribution is -0.00689. The SMILES string of the molecule is C[C@@H]1CCCN(C[C@@H](O)COC[C@@H]2C[C@H]3CC[C@H]2C3)C1. The Morgan fingerprint density at radius 1 is 1.25 bits per heavy atom. The Bertz CT molecular complexity index is 309. The molecule has 3 fully saturated rings. The standard InChI is InChI=1S/C17H31NO2/c1-13-3-2-6-18(9-13)10-17(19)12-20-11-16-8-14-4-5-15(16)7-14/h13-17,19H,2-12H2,1H3/t13-,14+,15+,16+,17-/m1/s1. The number of piperidine rings is 1. The van der Waals surface area contributed by atoms with Crippen LogP contribution in [0.4, 0.5) is 0 Å². The van der Waals surface area contributed by atoms with Crippen LogP contribution in [0.3, 0.4) is 0 Å². The predicted molar refractivity (Wildman–Crippen MR) is 80.6 cm³/mol. The Hall–Kier alpha value is -0.120. The van der Waals surface area contributed by atoms with Crippen molar-refractivity contribution in [3.63, 3.8) is 0 Å². The summed E-state index contributed by atoms with van der Waals surface area (Å²) in [6, 6.07) is 0. The molecule has 5 atom stereocenters. The number of aliphatic hydroxyl groups excluding tert-OH is 1. The number of hydrogen-bond acceptors (Lipinski definition) is 3. The van der Waals surface area contributed by atoms with Gasteiger partial charge >= 0.3 is 0 Å². The van der Waals surface area contributed by atoms with Crippen LogP contribution in [0.2, 0.25) is 0 Å². The third-order valence-corrected chi connectivity index (χ3v) is 5.74. The van der Waals surface area contributed by atoms with E-state index in [1.54, 1.807) is 0 Å². The number of fused-ring (bicyclic) bond motifs is 2. The van der Waals surface area contributed by atoms with E-state index >= 15 is 0 Å². The van der Waals surface area contributed by atoms with Gasteiger partial charge in [0.25, 0.3) is 0 Å². The van der Waals surface area contributed by atoms with Gasteiger partial charge in [0.05, 0.1) is 12.7 Å². The highest BCUT2D eigenvalue weighted by Gasteiger charge is 2.39. The average Bonchev–Trinajstić information content (AvgIpc) is 3.01. The number of rotatable bonds is 6. The van der Waals surface area contributed by atoms with Crippen LogP contribution in [0.25, 0.3) is 0 Å². The number of β-amino-alcohol motifs (C(OH)–C–C–N with tert-alkyl or cyclic N) is 1. The second-order valence-electron chi connectivity index (χ2n) is 7.63. The molecule has 0 spiro atoms. The fourth-order valence-electron chi connectivity index (χ4n) is 4.74. The van der Waals surface area contributed by atoms with Crippen LogP contribution < -0.4 is 0 Å². The van der Waals surface area contributed by atoms with E-state index in [4.69, 9.17) is 4.74 Å². The van der Waals surface area contributed by atoms with Crippen molar-refractivity contribution in [2.75, 3.05) is 32.8 Å². The minimum Gasteiger partial charge on any atom is -0.389 e. The fraction of sp³-hybridized carbons (Fsp3) is 1.00. The van der Waals surface area contributed by atoms with Gasteiger partial charge < -0.3 is 14.7 Å². The number of aliphatic hydroxyl groups is 1. The number of ether oxygens (including phenoxy) is 1. The van der Waals surface area contributed by atoms with E-state index < -0.39 is 0 Å². The molecule has 0 radical (unpaired) electrons. The Balaban J connectivity index is 1.30. The maximum Gasteiger partial charge on any atom is 0.0900 e. The molecule has 0 unspecified atom stereocenters. The summed E-state index contributed by atoms with van der Waals surface area (Å²) in [5.74, 6) is 3.50. The molecular weight excluding hydrogens is 250 g/mol. The van der Waals surface area contributed by atoms with Crippen LogP contribution in [0.1, 0.15) is 45.4 Å². The van der Waals surface area contributed by atoms with Gasteiger partial charge in [-0.25, -0.2) is 0 Å². The van der Waals surface area contributed by atoms with E-state index in [9.17, 15) is 5.11 Å². The lowest BCUT2D eigenvalue weighted by atomic mass is 9.90. The molecule has 1 heterocycles. The minimum absolute atomic E-state index is 0.307. The Morgan fingerprint density at radius 3 is 2.85 bits per heavy atom. The molecule has 0 aromatic carbocycles. The van der Waals surface area contributed by atoms with Gasteiger partial charge in [0.2, 0.25) is 0 Å². The molecule has 0 aromatic rings. The van der Waals surface area contributed by atoms with Crippen molar-refractivity contribution in [2.45, 2.75) is 51.6 Å². The van der Waals surface area contributed by atoms with E-state index in [1.165, 1.54) is 38.5 Å². The number of likely N-dealkylation sites (tertiary alicyclic amines) is 1. The van der Waals surface area contributed by atoms with Crippen molar-refractivity contribution in [3.05, 3.63) is 0 Å². The topological polar surface area (TPSA) is 32.7 Å². The van der Waals surface area contributed by atoms with Gasteiger partial charge in [-0.3, -0.25) is 0 Å². The molecule has 1 aliphatic heterocycles. The highest BCUT2D eigenvalue weighted by Crippen LogP contribution is 2.48. The van der Waals surface area contributed by atoms with Crippen molar-refractivity contribution in [1.82, 2.24) is 4.90 Å². The van der Waals surface area contributed by atoms with Gasteiger partial charge in [-0.05, 0) is 62.3 Å². The summed E-state index contributed by atoms with van der Waals surface area (Å²) in [6.07, 6.45) is 8.02. The van der Waals surface area contributed by atoms with Crippen LogP contribution in [0.15, 0.2) is 0 Å². The Labute approximate surface area is 123 Å². The van der Waals surface area contributed by atoms with Crippen LogP contribution in [0, 0.1) is 23.7 Å². The van der Waals surface area contributed by atoms with Crippen molar-refractivity contribution < 1.29 is 9.84 Å². The quantitative estimate of drug-likeness (QED) is 0.812. The van der Waals surface area contributed by atoms with Crippen molar-refractivity contribution >= 4 is 0 Å². The van der Waals surface area contributed by atoms with E-state index in [0.717, 1.165) is 49.9 Å². The van der Waals surface area contributed by atoms with Crippen molar-refractivity contribution in [1.29, 1.82) is 0 Å². The lowest BCUT2D eigenvalue weighted by Gasteiger charge is -2.32. The third-order valence-electron chi connectivity index (χ3n) is 5.74. The molecule has 3 aliphatic rings. The Morgan fingerprint density at radius 2 is 2.15 bits per heavy atom. The molecule has 3 heteroatoms. The van der Waals surface area contributed by atoms with Gasteiger partial charge in [-0.1, -0.05) is 13.3 Å². The van der Waals surface area contributed by atoms with Crippen molar-refractivity contribution in [3.8, 4) is 0 Å². The number of nitrogens with zero attached hydrogens (tertiary/aromatic N) is 1. The smallest absolute Gasteiger partial charge is 0.0900 e. The van der Waals surface area contributed by atoms with Gasteiger partial charge in [0.15, 0.2) is 0 Å². The van der Waals surface area contributed by atoms with E-state index in [2.05, 4.69) is 11.8 Å². The summed E-state index contributed by atoms with van der Waals surface area (Å²) >= 11 is 0. The first-order valence-corrected chi connectivity index (χ1v) is 8.69. The highest BCUT2D eigenvalue weighted by molar-refractivity contribution is 4.89. The molecule has 2 bridgehead atoms. The van der Waals surface area contributed by atoms with Crippen LogP contribution in [-0.2, 0) is 4.74 Å². The number of hydrogen-bond donors (Lipinski definition) is 1. The van der Waals surface area contributed by atoms with Gasteiger partial charge in [-0.15, -0.1) is 0 Å².